The number of ketones is 2. The van der Waals surface area contributed by atoms with E-state index in [-0.39, 0.29) is 53.3 Å². The number of aromatic hydroxyl groups is 1. The number of nitrogens with one attached hydrogen (secondary N) is 4. The maximum absolute atomic E-state index is 12.5. The van der Waals surface area contributed by atoms with Crippen LogP contribution in [0.15, 0.2) is 30.0 Å². The molecule has 5 N–H and O–H groups in total. The molecule has 12 heteroatoms. The van der Waals surface area contributed by atoms with E-state index in [1.807, 2.05) is 11.8 Å². The lowest BCUT2D eigenvalue weighted by molar-refractivity contribution is -0.124. The van der Waals surface area contributed by atoms with Crippen LogP contribution in [0.2, 0.25) is 0 Å². The van der Waals surface area contributed by atoms with Gasteiger partial charge in [-0.3, -0.25) is 19.2 Å². The molecule has 0 spiro atoms. The molecule has 1 aliphatic carbocycles. The standard InChI is InChI=1S/C28H36N4O7S/c33-19-9-7-8-17-25(19)20(34)14-21(27(17)37)39-15-24(36)30-13-6-2-1-5-12-29-23(35)11-4-3-10-22-26-18(16-40-22)31-28(38)32-26/h7-9,14,18,22,26,33H,1-6,10-13,15-16H2,(H,29,35)(H,30,36)(H2,31,32,38). The molecule has 2 heterocycles. The lowest BCUT2D eigenvalue weighted by Gasteiger charge is -2.16. The molecule has 0 radical (unpaired) electrons. The van der Waals surface area contributed by atoms with Crippen LogP contribution in [-0.2, 0) is 14.3 Å². The fourth-order valence-corrected chi connectivity index (χ4v) is 6.64. The third-order valence-corrected chi connectivity index (χ3v) is 8.72. The molecule has 1 aromatic carbocycles. The molecule has 3 atom stereocenters. The third kappa shape index (κ3) is 7.77. The fourth-order valence-electron chi connectivity index (χ4n) is 5.10. The molecule has 1 aromatic rings. The molecule has 3 aliphatic rings. The largest absolute Gasteiger partial charge is 0.507 e. The second-order valence-electron chi connectivity index (χ2n) is 10.2. The Labute approximate surface area is 237 Å². The van der Waals surface area contributed by atoms with Gasteiger partial charge in [0.2, 0.25) is 11.7 Å². The first-order valence-corrected chi connectivity index (χ1v) is 14.9. The van der Waals surface area contributed by atoms with Crippen molar-refractivity contribution in [3.05, 3.63) is 41.2 Å². The van der Waals surface area contributed by atoms with E-state index < -0.39 is 17.5 Å². The number of hydrogen-bond acceptors (Lipinski definition) is 8. The Morgan fingerprint density at radius 3 is 2.50 bits per heavy atom. The first-order valence-electron chi connectivity index (χ1n) is 13.8. The Balaban J connectivity index is 0.975. The highest BCUT2D eigenvalue weighted by atomic mass is 32.2. The Kier molecular flexibility index (Phi) is 10.5. The summed E-state index contributed by atoms with van der Waals surface area (Å²) < 4.78 is 5.28. The van der Waals surface area contributed by atoms with Crippen LogP contribution in [0.5, 0.6) is 5.75 Å². The number of Topliss-reactive ketones (excluding diaryl/α,β-unsaturated/α-hetero) is 1. The zero-order valence-corrected chi connectivity index (χ0v) is 23.1. The van der Waals surface area contributed by atoms with Crippen molar-refractivity contribution >= 4 is 41.2 Å². The van der Waals surface area contributed by atoms with Crippen LogP contribution in [0.4, 0.5) is 4.79 Å². The van der Waals surface area contributed by atoms with Crippen molar-refractivity contribution in [2.75, 3.05) is 25.4 Å². The smallest absolute Gasteiger partial charge is 0.315 e. The molecule has 0 aromatic heterocycles. The number of phenols is 1. The molecular formula is C28H36N4O7S. The maximum Gasteiger partial charge on any atom is 0.315 e. The zero-order chi connectivity index (χ0) is 28.5. The van der Waals surface area contributed by atoms with Gasteiger partial charge in [0, 0.05) is 42.2 Å². The molecule has 40 heavy (non-hydrogen) atoms. The van der Waals surface area contributed by atoms with E-state index in [0.717, 1.165) is 56.8 Å². The quantitative estimate of drug-likeness (QED) is 0.158. The molecule has 4 rings (SSSR count). The molecule has 2 aliphatic heterocycles. The Morgan fingerprint density at radius 1 is 0.975 bits per heavy atom. The number of amides is 4. The third-order valence-electron chi connectivity index (χ3n) is 7.21. The Hall–Kier alpha value is -3.54. The number of benzene rings is 1. The second kappa shape index (κ2) is 14.2. The molecule has 2 fully saturated rings. The van der Waals surface area contributed by atoms with E-state index in [9.17, 15) is 29.1 Å². The minimum absolute atomic E-state index is 0.0508. The molecule has 11 nitrogen and oxygen atoms in total. The van der Waals surface area contributed by atoms with Crippen LogP contribution in [-0.4, -0.2) is 77.3 Å². The lowest BCUT2D eigenvalue weighted by Crippen LogP contribution is -2.36. The number of carbonyl (C=O) groups is 5. The molecule has 0 bridgehead atoms. The van der Waals surface area contributed by atoms with Crippen molar-refractivity contribution in [3.63, 3.8) is 0 Å². The van der Waals surface area contributed by atoms with Crippen molar-refractivity contribution in [1.82, 2.24) is 21.3 Å². The number of thioether (sulfide) groups is 1. The number of rotatable bonds is 15. The Bertz CT molecular complexity index is 1170. The summed E-state index contributed by atoms with van der Waals surface area (Å²) in [7, 11) is 0. The van der Waals surface area contributed by atoms with Gasteiger partial charge in [0.25, 0.3) is 5.91 Å². The minimum Gasteiger partial charge on any atom is -0.507 e. The lowest BCUT2D eigenvalue weighted by atomic mass is 9.93. The maximum atomic E-state index is 12.5. The van der Waals surface area contributed by atoms with Crippen molar-refractivity contribution < 1.29 is 33.8 Å². The van der Waals surface area contributed by atoms with E-state index in [1.54, 1.807) is 0 Å². The summed E-state index contributed by atoms with van der Waals surface area (Å²) in [6, 6.07) is 4.60. The fraction of sp³-hybridized carbons (Fsp3) is 0.536. The number of allylic oxidation sites excluding steroid dienone is 2. The second-order valence-corrected chi connectivity index (χ2v) is 11.4. The van der Waals surface area contributed by atoms with Gasteiger partial charge in [0.1, 0.15) is 5.75 Å². The summed E-state index contributed by atoms with van der Waals surface area (Å²) >= 11 is 1.89. The summed E-state index contributed by atoms with van der Waals surface area (Å²) in [5.74, 6) is -0.973. The highest BCUT2D eigenvalue weighted by Crippen LogP contribution is 2.33. The number of urea groups is 1. The van der Waals surface area contributed by atoms with E-state index in [4.69, 9.17) is 4.74 Å². The number of phenolic OH excluding ortho intramolecular Hbond substituents is 1. The molecule has 216 valence electrons. The monoisotopic (exact) mass is 572 g/mol. The van der Waals surface area contributed by atoms with Crippen LogP contribution >= 0.6 is 11.8 Å². The van der Waals surface area contributed by atoms with Gasteiger partial charge in [-0.05, 0) is 37.8 Å². The van der Waals surface area contributed by atoms with Crippen LogP contribution in [0.3, 0.4) is 0 Å². The first kappa shape index (κ1) is 29.4. The van der Waals surface area contributed by atoms with Gasteiger partial charge in [-0.25, -0.2) is 4.79 Å². The average Bonchev–Trinajstić information content (AvgIpc) is 3.48. The molecule has 4 amide bonds. The van der Waals surface area contributed by atoms with E-state index in [1.165, 1.54) is 18.2 Å². The predicted molar refractivity (Wildman–Crippen MR) is 149 cm³/mol. The topological polar surface area (TPSA) is 163 Å². The van der Waals surface area contributed by atoms with Crippen LogP contribution in [0.25, 0.3) is 0 Å². The van der Waals surface area contributed by atoms with Crippen molar-refractivity contribution in [3.8, 4) is 5.75 Å². The summed E-state index contributed by atoms with van der Waals surface area (Å²) in [5.41, 5.74) is -0.00859. The molecule has 2 saturated heterocycles. The number of fused-ring (bicyclic) bond motifs is 2. The van der Waals surface area contributed by atoms with Crippen LogP contribution in [0.1, 0.15) is 72.1 Å². The van der Waals surface area contributed by atoms with Gasteiger partial charge in [-0.2, -0.15) is 11.8 Å². The van der Waals surface area contributed by atoms with Crippen molar-refractivity contribution in [2.24, 2.45) is 0 Å². The predicted octanol–water partition coefficient (Wildman–Crippen LogP) is 2.19. The van der Waals surface area contributed by atoms with Gasteiger partial charge in [0.05, 0.1) is 17.6 Å². The first-order chi connectivity index (χ1) is 19.3. The zero-order valence-electron chi connectivity index (χ0n) is 22.3. The Morgan fingerprint density at radius 2 is 1.73 bits per heavy atom. The summed E-state index contributed by atoms with van der Waals surface area (Å²) in [6.45, 7) is 0.693. The van der Waals surface area contributed by atoms with Gasteiger partial charge >= 0.3 is 6.03 Å². The number of hydrogen-bond donors (Lipinski definition) is 5. The van der Waals surface area contributed by atoms with Crippen molar-refractivity contribution in [1.29, 1.82) is 0 Å². The molecule has 3 unspecified atom stereocenters. The number of carbonyl (C=O) groups excluding carboxylic acids is 5. The van der Waals surface area contributed by atoms with Gasteiger partial charge < -0.3 is 31.1 Å². The van der Waals surface area contributed by atoms with E-state index in [0.29, 0.717) is 24.8 Å². The number of unbranched alkanes of at least 4 members (excludes halogenated alkanes) is 4. The van der Waals surface area contributed by atoms with Gasteiger partial charge in [-0.1, -0.05) is 25.3 Å². The normalized spacial score (nSPS) is 21.1. The highest BCUT2D eigenvalue weighted by Gasteiger charge is 2.42. The molecular weight excluding hydrogens is 536 g/mol. The average molecular weight is 573 g/mol. The van der Waals surface area contributed by atoms with Crippen molar-refractivity contribution in [2.45, 2.75) is 68.7 Å². The summed E-state index contributed by atoms with van der Waals surface area (Å²) in [6.07, 6.45) is 7.74. The minimum atomic E-state index is -0.551. The van der Waals surface area contributed by atoms with Crippen LogP contribution < -0.4 is 21.3 Å². The summed E-state index contributed by atoms with van der Waals surface area (Å²) in [4.78, 5) is 60.3. The van der Waals surface area contributed by atoms with Crippen LogP contribution in [0, 0.1) is 0 Å². The van der Waals surface area contributed by atoms with E-state index >= 15 is 0 Å². The molecule has 0 saturated carbocycles. The van der Waals surface area contributed by atoms with Gasteiger partial charge in [-0.15, -0.1) is 0 Å². The van der Waals surface area contributed by atoms with E-state index in [2.05, 4.69) is 21.3 Å². The number of ether oxygens (including phenoxy) is 1. The highest BCUT2D eigenvalue weighted by molar-refractivity contribution is 8.00. The van der Waals surface area contributed by atoms with Gasteiger partial charge in [0.15, 0.2) is 18.1 Å². The summed E-state index contributed by atoms with van der Waals surface area (Å²) in [5, 5.41) is 21.9. The SMILES string of the molecule is O=C(CCCCC1SCC2NC(=O)NC21)NCCCCCCNC(=O)COC1=CC(=O)c2c(O)cccc2C1=O.